The Labute approximate surface area is 97.4 Å². The summed E-state index contributed by atoms with van der Waals surface area (Å²) in [7, 11) is -2.34. The van der Waals surface area contributed by atoms with E-state index in [1.807, 2.05) is 0 Å². The third-order valence-corrected chi connectivity index (χ3v) is 2.71. The van der Waals surface area contributed by atoms with E-state index in [9.17, 15) is 13.2 Å². The second-order valence-corrected chi connectivity index (χ2v) is 4.46. The molecule has 96 valence electrons. The number of aromatic nitrogens is 2. The van der Waals surface area contributed by atoms with Crippen molar-refractivity contribution in [2.45, 2.75) is 0 Å². The Morgan fingerprint density at radius 3 is 2.88 bits per heavy atom. The largest absolute Gasteiger partial charge is 0.477 e. The van der Waals surface area contributed by atoms with Gasteiger partial charge in [0.2, 0.25) is 0 Å². The lowest BCUT2D eigenvalue weighted by atomic mass is 10.4. The fourth-order valence-corrected chi connectivity index (χ4v) is 1.74. The van der Waals surface area contributed by atoms with Crippen LogP contribution in [0.15, 0.2) is 6.07 Å². The molecule has 0 saturated heterocycles. The lowest BCUT2D eigenvalue weighted by molar-refractivity contribution is 0.0690. The van der Waals surface area contributed by atoms with Crippen LogP contribution in [-0.4, -0.2) is 50.0 Å². The van der Waals surface area contributed by atoms with Gasteiger partial charge >= 0.3 is 5.97 Å². The van der Waals surface area contributed by atoms with E-state index in [0.29, 0.717) is 0 Å². The minimum atomic E-state index is -3.77. The zero-order chi connectivity index (χ0) is 12.9. The van der Waals surface area contributed by atoms with Gasteiger partial charge in [0, 0.05) is 19.7 Å². The summed E-state index contributed by atoms with van der Waals surface area (Å²) in [6.45, 7) is 0.323. The average molecular weight is 264 g/mol. The monoisotopic (exact) mass is 264 g/mol. The second-order valence-electron chi connectivity index (χ2n) is 2.96. The maximum Gasteiger partial charge on any atom is 0.353 e. The first-order valence-electron chi connectivity index (χ1n) is 4.49. The normalized spacial score (nSPS) is 11.4. The van der Waals surface area contributed by atoms with E-state index in [2.05, 4.69) is 24.4 Å². The Kier molecular flexibility index (Phi) is 4.43. The maximum atomic E-state index is 11.4. The summed E-state index contributed by atoms with van der Waals surface area (Å²) in [5, 5.41) is 14.2. The smallest absolute Gasteiger partial charge is 0.353 e. The van der Waals surface area contributed by atoms with Gasteiger partial charge in [0.05, 0.1) is 6.61 Å². The third kappa shape index (κ3) is 4.38. The fraction of sp³-hybridized carbons (Fsp3) is 0.429. The molecule has 0 aromatic carbocycles. The molecule has 1 aromatic heterocycles. The van der Waals surface area contributed by atoms with E-state index in [1.165, 1.54) is 7.11 Å². The number of hydrogen-bond donors (Lipinski definition) is 4. The van der Waals surface area contributed by atoms with Crippen molar-refractivity contribution in [3.05, 3.63) is 11.8 Å². The Bertz CT molecular complexity index is 482. The van der Waals surface area contributed by atoms with E-state index < -0.39 is 16.2 Å². The number of H-pyrrole nitrogens is 1. The van der Waals surface area contributed by atoms with Crippen molar-refractivity contribution < 1.29 is 23.1 Å². The number of hydrogen-bond acceptors (Lipinski definition) is 5. The lowest BCUT2D eigenvalue weighted by Gasteiger charge is -2.05. The minimum Gasteiger partial charge on any atom is -0.477 e. The van der Waals surface area contributed by atoms with Crippen LogP contribution in [0.1, 0.15) is 10.5 Å². The van der Waals surface area contributed by atoms with Crippen LogP contribution in [0.25, 0.3) is 0 Å². The molecule has 17 heavy (non-hydrogen) atoms. The first-order chi connectivity index (χ1) is 7.94. The molecule has 1 aromatic rings. The first kappa shape index (κ1) is 13.4. The summed E-state index contributed by atoms with van der Waals surface area (Å²) in [5.74, 6) is -1.33. The molecule has 0 fully saturated rings. The average Bonchev–Trinajstić information content (AvgIpc) is 2.65. The summed E-state index contributed by atoms with van der Waals surface area (Å²) < 4.78 is 31.7. The van der Waals surface area contributed by atoms with Gasteiger partial charge in [-0.05, 0) is 0 Å². The molecule has 0 aliphatic carbocycles. The molecular formula is C7H12N4O5S. The van der Waals surface area contributed by atoms with Gasteiger partial charge in [0.15, 0.2) is 5.82 Å². The van der Waals surface area contributed by atoms with Gasteiger partial charge < -0.3 is 9.84 Å². The number of anilines is 1. The third-order valence-electron chi connectivity index (χ3n) is 1.65. The van der Waals surface area contributed by atoms with Gasteiger partial charge in [-0.2, -0.15) is 18.2 Å². The van der Waals surface area contributed by atoms with Crippen molar-refractivity contribution in [1.82, 2.24) is 14.9 Å². The summed E-state index contributed by atoms with van der Waals surface area (Å²) in [5.41, 5.74) is -0.209. The number of methoxy groups -OCH3 is 1. The number of carboxylic acid groups (broad SMARTS) is 1. The molecule has 0 unspecified atom stereocenters. The van der Waals surface area contributed by atoms with Crippen LogP contribution in [0.3, 0.4) is 0 Å². The number of aromatic carboxylic acids is 1. The van der Waals surface area contributed by atoms with Crippen molar-refractivity contribution in [2.75, 3.05) is 25.0 Å². The van der Waals surface area contributed by atoms with Crippen LogP contribution in [0.4, 0.5) is 5.82 Å². The number of ether oxygens (including phenoxy) is 1. The van der Waals surface area contributed by atoms with Crippen molar-refractivity contribution in [1.29, 1.82) is 0 Å². The van der Waals surface area contributed by atoms with Gasteiger partial charge in [-0.15, -0.1) is 0 Å². The minimum absolute atomic E-state index is 0.0992. The summed E-state index contributed by atoms with van der Waals surface area (Å²) in [6, 6.07) is 1.07. The zero-order valence-corrected chi connectivity index (χ0v) is 9.74. The number of nitrogens with zero attached hydrogens (tertiary/aromatic N) is 1. The number of carboxylic acids is 1. The van der Waals surface area contributed by atoms with Gasteiger partial charge in [-0.1, -0.05) is 0 Å². The zero-order valence-electron chi connectivity index (χ0n) is 8.93. The number of nitrogens with one attached hydrogen (secondary N) is 3. The molecule has 1 heterocycles. The van der Waals surface area contributed by atoms with Crippen LogP contribution in [-0.2, 0) is 14.9 Å². The second kappa shape index (κ2) is 5.61. The fourth-order valence-electron chi connectivity index (χ4n) is 0.935. The Balaban J connectivity index is 2.60. The quantitative estimate of drug-likeness (QED) is 0.467. The highest BCUT2D eigenvalue weighted by atomic mass is 32.2. The van der Waals surface area contributed by atoms with Crippen LogP contribution in [0.2, 0.25) is 0 Å². The van der Waals surface area contributed by atoms with Gasteiger partial charge in [0.25, 0.3) is 10.2 Å². The predicted octanol–water partition coefficient (Wildman–Crippen LogP) is -0.999. The molecule has 1 rings (SSSR count). The SMILES string of the molecule is COCCNS(=O)(=O)Nc1cc(C(=O)O)[nH]n1. The molecule has 0 aliphatic heterocycles. The van der Waals surface area contributed by atoms with Gasteiger partial charge in [0.1, 0.15) is 5.69 Å². The summed E-state index contributed by atoms with van der Waals surface area (Å²) >= 11 is 0. The van der Waals surface area contributed by atoms with Crippen molar-refractivity contribution in [3.8, 4) is 0 Å². The number of carbonyl (C=O) groups is 1. The van der Waals surface area contributed by atoms with Crippen molar-refractivity contribution in [3.63, 3.8) is 0 Å². The highest BCUT2D eigenvalue weighted by Gasteiger charge is 2.13. The predicted molar refractivity (Wildman–Crippen MR) is 58.0 cm³/mol. The standard InChI is InChI=1S/C7H12N4O5S/c1-16-3-2-8-17(14,15)11-6-4-5(7(12)13)9-10-6/h4,8H,2-3H2,1H3,(H,12,13)(H2,9,10,11). The summed E-state index contributed by atoms with van der Waals surface area (Å²) in [4.78, 5) is 10.5. The highest BCUT2D eigenvalue weighted by molar-refractivity contribution is 7.90. The molecule has 0 radical (unpaired) electrons. The van der Waals surface area contributed by atoms with E-state index >= 15 is 0 Å². The first-order valence-corrected chi connectivity index (χ1v) is 5.98. The van der Waals surface area contributed by atoms with E-state index in [1.54, 1.807) is 0 Å². The maximum absolute atomic E-state index is 11.4. The number of rotatable bonds is 7. The molecule has 4 N–H and O–H groups in total. The lowest BCUT2D eigenvalue weighted by Crippen LogP contribution is -2.32. The van der Waals surface area contributed by atoms with Crippen LogP contribution in [0, 0.1) is 0 Å². The highest BCUT2D eigenvalue weighted by Crippen LogP contribution is 2.06. The van der Waals surface area contributed by atoms with Crippen LogP contribution >= 0.6 is 0 Å². The molecule has 0 saturated carbocycles. The molecule has 0 aliphatic rings. The van der Waals surface area contributed by atoms with E-state index in [4.69, 9.17) is 5.11 Å². The van der Waals surface area contributed by atoms with E-state index in [-0.39, 0.29) is 24.7 Å². The van der Waals surface area contributed by atoms with Crippen molar-refractivity contribution >= 4 is 22.0 Å². The molecule has 0 spiro atoms. The molecule has 0 atom stereocenters. The van der Waals surface area contributed by atoms with Gasteiger partial charge in [-0.3, -0.25) is 9.82 Å². The number of aromatic amines is 1. The van der Waals surface area contributed by atoms with E-state index in [0.717, 1.165) is 6.07 Å². The molecule has 9 nitrogen and oxygen atoms in total. The molecule has 0 amide bonds. The topological polar surface area (TPSA) is 133 Å². The van der Waals surface area contributed by atoms with Crippen LogP contribution in [0.5, 0.6) is 0 Å². The van der Waals surface area contributed by atoms with Crippen LogP contribution < -0.4 is 9.44 Å². The Morgan fingerprint density at radius 2 is 2.35 bits per heavy atom. The summed E-state index contributed by atoms with van der Waals surface area (Å²) in [6.07, 6.45) is 0. The molecular weight excluding hydrogens is 252 g/mol. The Morgan fingerprint density at radius 1 is 1.65 bits per heavy atom. The molecule has 10 heteroatoms. The molecule has 0 bridgehead atoms. The van der Waals surface area contributed by atoms with Gasteiger partial charge in [-0.25, -0.2) is 4.79 Å². The van der Waals surface area contributed by atoms with Crippen molar-refractivity contribution in [2.24, 2.45) is 0 Å². The Hall–Kier alpha value is -1.65.